The largest absolute Gasteiger partial charge is 0.274 e. The summed E-state index contributed by atoms with van der Waals surface area (Å²) in [5, 5.41) is 9.99. The molecule has 2 rings (SSSR count). The molecule has 3 nitrogen and oxygen atoms in total. The van der Waals surface area contributed by atoms with Gasteiger partial charge in [0.25, 0.3) is 0 Å². The number of para-hydroxylation sites is 1. The molecule has 0 saturated carbocycles. The van der Waals surface area contributed by atoms with Gasteiger partial charge in [0.2, 0.25) is 5.91 Å². The molecule has 0 atom stereocenters. The van der Waals surface area contributed by atoms with Gasteiger partial charge in [-0.05, 0) is 18.6 Å². The number of nitriles is 1. The number of hydrogen-bond acceptors (Lipinski definition) is 2. The Morgan fingerprint density at radius 2 is 2.07 bits per heavy atom. The van der Waals surface area contributed by atoms with Crippen molar-refractivity contribution < 1.29 is 4.79 Å². The van der Waals surface area contributed by atoms with E-state index in [1.54, 1.807) is 0 Å². The third-order valence-electron chi connectivity index (χ3n) is 2.55. The van der Waals surface area contributed by atoms with Crippen LogP contribution < -0.4 is 0 Å². The molecule has 0 aliphatic rings. The third-order valence-corrected chi connectivity index (χ3v) is 2.55. The Labute approximate surface area is 87.5 Å². The van der Waals surface area contributed by atoms with Crippen molar-refractivity contribution >= 4 is 16.8 Å². The van der Waals surface area contributed by atoms with Crippen LogP contribution in [-0.2, 0) is 0 Å². The van der Waals surface area contributed by atoms with Crippen molar-refractivity contribution in [3.63, 3.8) is 0 Å². The van der Waals surface area contributed by atoms with Crippen LogP contribution in [0.25, 0.3) is 10.9 Å². The molecule has 1 aromatic carbocycles. The van der Waals surface area contributed by atoms with Crippen LogP contribution in [0.1, 0.15) is 23.0 Å². The molecule has 0 spiro atoms. The fraction of sp³-hybridized carbons (Fsp3) is 0.167. The van der Waals surface area contributed by atoms with E-state index >= 15 is 0 Å². The fourth-order valence-corrected chi connectivity index (χ4v) is 1.86. The van der Waals surface area contributed by atoms with Crippen molar-refractivity contribution in [1.82, 2.24) is 4.57 Å². The average molecular weight is 198 g/mol. The van der Waals surface area contributed by atoms with E-state index in [2.05, 4.69) is 6.07 Å². The zero-order chi connectivity index (χ0) is 11.0. The highest BCUT2D eigenvalue weighted by Gasteiger charge is 2.15. The second-order valence-electron chi connectivity index (χ2n) is 3.46. The molecular formula is C12H10N2O. The molecule has 2 aromatic rings. The number of fused-ring (bicyclic) bond motifs is 1. The van der Waals surface area contributed by atoms with Crippen molar-refractivity contribution in [2.75, 3.05) is 0 Å². The molecule has 1 aromatic heterocycles. The van der Waals surface area contributed by atoms with E-state index in [1.165, 1.54) is 11.5 Å². The van der Waals surface area contributed by atoms with Gasteiger partial charge in [0, 0.05) is 12.3 Å². The lowest BCUT2D eigenvalue weighted by Gasteiger charge is -1.99. The molecule has 0 amide bonds. The molecule has 0 aliphatic carbocycles. The van der Waals surface area contributed by atoms with E-state index in [0.29, 0.717) is 5.69 Å². The summed E-state index contributed by atoms with van der Waals surface area (Å²) in [6, 6.07) is 9.62. The molecule has 15 heavy (non-hydrogen) atoms. The first-order valence-corrected chi connectivity index (χ1v) is 4.68. The summed E-state index contributed by atoms with van der Waals surface area (Å²) in [5.74, 6) is -0.129. The average Bonchev–Trinajstić information content (AvgIpc) is 2.52. The van der Waals surface area contributed by atoms with Crippen molar-refractivity contribution in [2.24, 2.45) is 0 Å². The van der Waals surface area contributed by atoms with E-state index in [0.717, 1.165) is 16.5 Å². The van der Waals surface area contributed by atoms with E-state index in [9.17, 15) is 4.79 Å². The normalized spacial score (nSPS) is 10.2. The Kier molecular flexibility index (Phi) is 2.05. The van der Waals surface area contributed by atoms with E-state index in [-0.39, 0.29) is 5.91 Å². The van der Waals surface area contributed by atoms with E-state index in [1.807, 2.05) is 31.2 Å². The number of carbonyl (C=O) groups is 1. The molecule has 0 fully saturated rings. The molecular weight excluding hydrogens is 188 g/mol. The van der Waals surface area contributed by atoms with Gasteiger partial charge in [0.15, 0.2) is 0 Å². The summed E-state index contributed by atoms with van der Waals surface area (Å²) >= 11 is 0. The maximum absolute atomic E-state index is 11.5. The van der Waals surface area contributed by atoms with Gasteiger partial charge in [-0.25, -0.2) is 0 Å². The molecule has 0 radical (unpaired) electrons. The first kappa shape index (κ1) is 9.47. The molecule has 3 heteroatoms. The minimum Gasteiger partial charge on any atom is -0.274 e. The van der Waals surface area contributed by atoms with Crippen LogP contribution in [0.5, 0.6) is 0 Å². The highest BCUT2D eigenvalue weighted by molar-refractivity contribution is 5.96. The lowest BCUT2D eigenvalue weighted by Crippen LogP contribution is -2.07. The van der Waals surface area contributed by atoms with Gasteiger partial charge in [0.05, 0.1) is 5.52 Å². The summed E-state index contributed by atoms with van der Waals surface area (Å²) < 4.78 is 1.46. The summed E-state index contributed by atoms with van der Waals surface area (Å²) in [6.07, 6.45) is 0. The highest BCUT2D eigenvalue weighted by atomic mass is 16.1. The topological polar surface area (TPSA) is 45.8 Å². The maximum Gasteiger partial charge on any atom is 0.229 e. The van der Waals surface area contributed by atoms with Gasteiger partial charge < -0.3 is 0 Å². The van der Waals surface area contributed by atoms with E-state index in [4.69, 9.17) is 5.26 Å². The predicted molar refractivity (Wildman–Crippen MR) is 57.7 cm³/mol. The van der Waals surface area contributed by atoms with Crippen LogP contribution in [0.2, 0.25) is 0 Å². The molecule has 0 unspecified atom stereocenters. The summed E-state index contributed by atoms with van der Waals surface area (Å²) in [5.41, 5.74) is 2.10. The second kappa shape index (κ2) is 3.25. The van der Waals surface area contributed by atoms with E-state index < -0.39 is 0 Å². The van der Waals surface area contributed by atoms with Gasteiger partial charge in [-0.15, -0.1) is 0 Å². The lowest BCUT2D eigenvalue weighted by molar-refractivity contribution is 0.0940. The lowest BCUT2D eigenvalue weighted by atomic mass is 10.2. The highest BCUT2D eigenvalue weighted by Crippen LogP contribution is 2.24. The smallest absolute Gasteiger partial charge is 0.229 e. The van der Waals surface area contributed by atoms with Gasteiger partial charge >= 0.3 is 0 Å². The summed E-state index contributed by atoms with van der Waals surface area (Å²) in [6.45, 7) is 3.33. The number of aromatic nitrogens is 1. The van der Waals surface area contributed by atoms with Crippen molar-refractivity contribution in [2.45, 2.75) is 13.8 Å². The Balaban J connectivity index is 2.99. The number of hydrogen-bond donors (Lipinski definition) is 0. The van der Waals surface area contributed by atoms with Crippen LogP contribution >= 0.6 is 0 Å². The standard InChI is InChI=1S/C12H10N2O/c1-8-10-5-3-4-6-11(10)14(9(2)15)12(8)7-13/h3-6H,1-2H3. The molecule has 1 heterocycles. The van der Waals surface area contributed by atoms with Gasteiger partial charge in [-0.2, -0.15) is 5.26 Å². The van der Waals surface area contributed by atoms with Gasteiger partial charge in [0.1, 0.15) is 11.8 Å². The van der Waals surface area contributed by atoms with Crippen molar-refractivity contribution in [1.29, 1.82) is 5.26 Å². The number of nitrogens with zero attached hydrogens (tertiary/aromatic N) is 2. The van der Waals surface area contributed by atoms with Crippen molar-refractivity contribution in [3.8, 4) is 6.07 Å². The SMILES string of the molecule is CC(=O)n1c(C#N)c(C)c2ccccc21. The number of benzene rings is 1. The van der Waals surface area contributed by atoms with Gasteiger partial charge in [-0.1, -0.05) is 18.2 Å². The number of carbonyl (C=O) groups excluding carboxylic acids is 1. The van der Waals surface area contributed by atoms with Crippen LogP contribution in [-0.4, -0.2) is 10.5 Å². The molecule has 0 aliphatic heterocycles. The first-order valence-electron chi connectivity index (χ1n) is 4.68. The number of rotatable bonds is 0. The quantitative estimate of drug-likeness (QED) is 0.652. The van der Waals surface area contributed by atoms with Crippen LogP contribution in [0.15, 0.2) is 24.3 Å². The second-order valence-corrected chi connectivity index (χ2v) is 3.46. The van der Waals surface area contributed by atoms with Crippen molar-refractivity contribution in [3.05, 3.63) is 35.5 Å². The predicted octanol–water partition coefficient (Wildman–Crippen LogP) is 2.48. The molecule has 0 saturated heterocycles. The van der Waals surface area contributed by atoms with Gasteiger partial charge in [-0.3, -0.25) is 9.36 Å². The minimum absolute atomic E-state index is 0.129. The number of aryl methyl sites for hydroxylation is 1. The zero-order valence-electron chi connectivity index (χ0n) is 8.61. The minimum atomic E-state index is -0.129. The Hall–Kier alpha value is -2.08. The Bertz CT molecular complexity index is 587. The first-order chi connectivity index (χ1) is 7.16. The van der Waals surface area contributed by atoms with Crippen LogP contribution in [0.3, 0.4) is 0 Å². The summed E-state index contributed by atoms with van der Waals surface area (Å²) in [7, 11) is 0. The zero-order valence-corrected chi connectivity index (χ0v) is 8.61. The fourth-order valence-electron chi connectivity index (χ4n) is 1.86. The molecule has 74 valence electrons. The maximum atomic E-state index is 11.5. The van der Waals surface area contributed by atoms with Crippen LogP contribution in [0, 0.1) is 18.3 Å². The molecule has 0 bridgehead atoms. The Morgan fingerprint density at radius 3 is 2.67 bits per heavy atom. The summed E-state index contributed by atoms with van der Waals surface area (Å²) in [4.78, 5) is 11.5. The third kappa shape index (κ3) is 1.23. The Morgan fingerprint density at radius 1 is 1.40 bits per heavy atom. The molecule has 0 N–H and O–H groups in total. The van der Waals surface area contributed by atoms with Crippen LogP contribution in [0.4, 0.5) is 0 Å². The monoisotopic (exact) mass is 198 g/mol.